The number of anilines is 2. The topological polar surface area (TPSA) is 96.4 Å². The Hall–Kier alpha value is -2.97. The third kappa shape index (κ3) is 5.52. The smallest absolute Gasteiger partial charge is 0.325 e. The van der Waals surface area contributed by atoms with E-state index in [9.17, 15) is 4.79 Å². The molecule has 0 spiro atoms. The van der Waals surface area contributed by atoms with Gasteiger partial charge in [-0.15, -0.1) is 11.3 Å². The molecule has 0 aliphatic rings. The number of urea groups is 1. The Labute approximate surface area is 173 Å². The second-order valence-corrected chi connectivity index (χ2v) is 8.26. The van der Waals surface area contributed by atoms with Gasteiger partial charge in [0.25, 0.3) is 0 Å². The van der Waals surface area contributed by atoms with Crippen LogP contribution in [0.5, 0.6) is 11.6 Å². The van der Waals surface area contributed by atoms with Crippen LogP contribution in [-0.2, 0) is 11.8 Å². The van der Waals surface area contributed by atoms with E-state index in [1.165, 1.54) is 11.3 Å². The number of nitrogens with zero attached hydrogens (tertiary/aromatic N) is 2. The van der Waals surface area contributed by atoms with Crippen molar-refractivity contribution in [2.75, 3.05) is 17.2 Å². The lowest BCUT2D eigenvalue weighted by molar-refractivity contribution is 0.262. The molecule has 0 aliphatic heterocycles. The zero-order valence-electron chi connectivity index (χ0n) is 16.6. The lowest BCUT2D eigenvalue weighted by Gasteiger charge is -2.22. The number of rotatable bonds is 6. The molecule has 152 valence electrons. The lowest BCUT2D eigenvalue weighted by atomic mass is 9.86. The summed E-state index contributed by atoms with van der Waals surface area (Å²) in [6.45, 7) is 6.35. The van der Waals surface area contributed by atoms with Crippen molar-refractivity contribution in [3.8, 4) is 11.6 Å². The predicted molar refractivity (Wildman–Crippen MR) is 115 cm³/mol. The van der Waals surface area contributed by atoms with Crippen LogP contribution in [-0.4, -0.2) is 27.7 Å². The summed E-state index contributed by atoms with van der Waals surface area (Å²) in [4.78, 5) is 20.9. The van der Waals surface area contributed by atoms with E-state index >= 15 is 0 Å². The van der Waals surface area contributed by atoms with Crippen LogP contribution in [0.15, 0.2) is 48.0 Å². The summed E-state index contributed by atoms with van der Waals surface area (Å²) in [5, 5.41) is 16.7. The van der Waals surface area contributed by atoms with Crippen LogP contribution in [0.2, 0.25) is 0 Å². The van der Waals surface area contributed by atoms with Gasteiger partial charge >= 0.3 is 6.03 Å². The van der Waals surface area contributed by atoms with Crippen molar-refractivity contribution in [3.63, 3.8) is 0 Å². The number of nitrogens with one attached hydrogen (secondary N) is 2. The van der Waals surface area contributed by atoms with Gasteiger partial charge in [0.2, 0.25) is 5.88 Å². The summed E-state index contributed by atoms with van der Waals surface area (Å²) in [5.74, 6) is 0.996. The van der Waals surface area contributed by atoms with Crippen LogP contribution in [0, 0.1) is 0 Å². The van der Waals surface area contributed by atoms with Crippen molar-refractivity contribution >= 4 is 28.2 Å². The normalized spacial score (nSPS) is 11.2. The van der Waals surface area contributed by atoms with E-state index in [-0.39, 0.29) is 12.0 Å². The highest BCUT2D eigenvalue weighted by Crippen LogP contribution is 2.35. The molecule has 3 aromatic rings. The molecule has 7 nitrogen and oxygen atoms in total. The molecule has 2 heterocycles. The number of ether oxygens (including phenoxy) is 1. The SMILES string of the molecule is CC(C)(C)c1ccccc1Oc1ncccc1NC(=O)Nc1nc(CCO)cs1. The van der Waals surface area contributed by atoms with Crippen molar-refractivity contribution in [2.45, 2.75) is 32.6 Å². The van der Waals surface area contributed by atoms with Crippen LogP contribution in [0.3, 0.4) is 0 Å². The van der Waals surface area contributed by atoms with Crippen molar-refractivity contribution in [3.05, 3.63) is 59.2 Å². The number of carbonyl (C=O) groups excluding carboxylic acids is 1. The van der Waals surface area contributed by atoms with Crippen LogP contribution in [0.4, 0.5) is 15.6 Å². The molecule has 0 radical (unpaired) electrons. The molecule has 0 saturated heterocycles. The summed E-state index contributed by atoms with van der Waals surface area (Å²) in [7, 11) is 0. The first-order valence-corrected chi connectivity index (χ1v) is 10.1. The second-order valence-electron chi connectivity index (χ2n) is 7.40. The molecule has 0 bridgehead atoms. The molecule has 0 saturated carbocycles. The third-order valence-electron chi connectivity index (χ3n) is 4.06. The fourth-order valence-corrected chi connectivity index (χ4v) is 3.43. The van der Waals surface area contributed by atoms with E-state index in [2.05, 4.69) is 41.4 Å². The Kier molecular flexibility index (Phi) is 6.46. The highest BCUT2D eigenvalue weighted by molar-refractivity contribution is 7.13. The fraction of sp³-hybridized carbons (Fsp3) is 0.286. The number of pyridine rings is 1. The zero-order valence-corrected chi connectivity index (χ0v) is 17.4. The van der Waals surface area contributed by atoms with Gasteiger partial charge in [-0.25, -0.2) is 14.8 Å². The van der Waals surface area contributed by atoms with E-state index in [1.54, 1.807) is 23.7 Å². The molecule has 3 N–H and O–H groups in total. The number of benzene rings is 1. The van der Waals surface area contributed by atoms with Gasteiger partial charge < -0.3 is 15.2 Å². The van der Waals surface area contributed by atoms with Crippen LogP contribution < -0.4 is 15.4 Å². The minimum absolute atomic E-state index is 0.0157. The maximum Gasteiger partial charge on any atom is 0.325 e. The number of hydrogen-bond acceptors (Lipinski definition) is 6. The Morgan fingerprint density at radius 1 is 1.17 bits per heavy atom. The highest BCUT2D eigenvalue weighted by atomic mass is 32.1. The van der Waals surface area contributed by atoms with Gasteiger partial charge in [0.05, 0.1) is 5.69 Å². The third-order valence-corrected chi connectivity index (χ3v) is 4.87. The summed E-state index contributed by atoms with van der Waals surface area (Å²) >= 11 is 1.30. The number of aliphatic hydroxyl groups excluding tert-OH is 1. The average Bonchev–Trinajstić information content (AvgIpc) is 3.10. The minimum atomic E-state index is -0.447. The van der Waals surface area contributed by atoms with Crippen molar-refractivity contribution in [1.29, 1.82) is 0 Å². The summed E-state index contributed by atoms with van der Waals surface area (Å²) < 4.78 is 6.06. The summed E-state index contributed by atoms with van der Waals surface area (Å²) in [5.41, 5.74) is 2.12. The van der Waals surface area contributed by atoms with E-state index in [4.69, 9.17) is 9.84 Å². The van der Waals surface area contributed by atoms with Gasteiger partial charge in [-0.3, -0.25) is 5.32 Å². The van der Waals surface area contributed by atoms with E-state index in [0.29, 0.717) is 28.9 Å². The molecular weight excluding hydrogens is 388 g/mol. The second kappa shape index (κ2) is 9.02. The molecular formula is C21H24N4O3S. The zero-order chi connectivity index (χ0) is 20.9. The predicted octanol–water partition coefficient (Wildman–Crippen LogP) is 4.81. The molecule has 1 aromatic carbocycles. The standard InChI is InChI=1S/C21H24N4O3S/c1-21(2,3)15-7-4-5-9-17(15)28-18-16(8-6-11-22-18)24-19(27)25-20-23-14(10-12-26)13-29-20/h4-9,11,13,26H,10,12H2,1-3H3,(H2,23,24,25,27). The van der Waals surface area contributed by atoms with Crippen LogP contribution >= 0.6 is 11.3 Å². The molecule has 8 heteroatoms. The number of aliphatic hydroxyl groups is 1. The lowest BCUT2D eigenvalue weighted by Crippen LogP contribution is -2.20. The summed E-state index contributed by atoms with van der Waals surface area (Å²) in [6, 6.07) is 10.8. The average molecular weight is 413 g/mol. The largest absolute Gasteiger partial charge is 0.437 e. The van der Waals surface area contributed by atoms with Gasteiger partial charge in [-0.2, -0.15) is 0 Å². The molecule has 0 atom stereocenters. The first-order valence-electron chi connectivity index (χ1n) is 9.22. The number of aromatic nitrogens is 2. The number of thiazole rings is 1. The first-order chi connectivity index (χ1) is 13.9. The van der Waals surface area contributed by atoms with E-state index < -0.39 is 6.03 Å². The van der Waals surface area contributed by atoms with Gasteiger partial charge in [-0.1, -0.05) is 39.0 Å². The minimum Gasteiger partial charge on any atom is -0.437 e. The fourth-order valence-electron chi connectivity index (χ4n) is 2.69. The Morgan fingerprint density at radius 2 is 1.97 bits per heavy atom. The molecule has 0 aliphatic carbocycles. The Morgan fingerprint density at radius 3 is 2.72 bits per heavy atom. The van der Waals surface area contributed by atoms with Gasteiger partial charge in [0.1, 0.15) is 11.4 Å². The number of carbonyl (C=O) groups is 1. The Balaban J connectivity index is 1.75. The molecule has 2 aromatic heterocycles. The number of amides is 2. The van der Waals surface area contributed by atoms with Gasteiger partial charge in [0, 0.05) is 30.2 Å². The number of para-hydroxylation sites is 1. The van der Waals surface area contributed by atoms with E-state index in [1.807, 2.05) is 24.3 Å². The van der Waals surface area contributed by atoms with Gasteiger partial charge in [0.15, 0.2) is 5.13 Å². The van der Waals surface area contributed by atoms with Crippen LogP contribution in [0.1, 0.15) is 32.0 Å². The molecule has 3 rings (SSSR count). The maximum absolute atomic E-state index is 12.4. The summed E-state index contributed by atoms with van der Waals surface area (Å²) in [6.07, 6.45) is 2.06. The Bertz CT molecular complexity index is 982. The first kappa shape index (κ1) is 20.8. The van der Waals surface area contributed by atoms with Crippen molar-refractivity contribution in [1.82, 2.24) is 9.97 Å². The monoisotopic (exact) mass is 412 g/mol. The molecule has 0 unspecified atom stereocenters. The van der Waals surface area contributed by atoms with Crippen LogP contribution in [0.25, 0.3) is 0 Å². The highest BCUT2D eigenvalue weighted by Gasteiger charge is 2.20. The molecule has 2 amide bonds. The molecule has 29 heavy (non-hydrogen) atoms. The quantitative estimate of drug-likeness (QED) is 0.540. The van der Waals surface area contributed by atoms with Crippen molar-refractivity contribution in [2.24, 2.45) is 0 Å². The molecule has 0 fully saturated rings. The van der Waals surface area contributed by atoms with Gasteiger partial charge in [-0.05, 0) is 23.6 Å². The van der Waals surface area contributed by atoms with Crippen molar-refractivity contribution < 1.29 is 14.6 Å². The maximum atomic E-state index is 12.4. The number of hydrogen-bond donors (Lipinski definition) is 3. The van der Waals surface area contributed by atoms with E-state index in [0.717, 1.165) is 11.3 Å².